The summed E-state index contributed by atoms with van der Waals surface area (Å²) in [7, 11) is 0.314. The predicted molar refractivity (Wildman–Crippen MR) is 74.7 cm³/mol. The van der Waals surface area contributed by atoms with E-state index >= 15 is 0 Å². The highest BCUT2D eigenvalue weighted by Crippen LogP contribution is 2.69. The van der Waals surface area contributed by atoms with Gasteiger partial charge in [0.1, 0.15) is 0 Å². The van der Waals surface area contributed by atoms with Gasteiger partial charge in [-0.1, -0.05) is 57.4 Å². The molecule has 0 aliphatic rings. The molecule has 0 heterocycles. The Labute approximate surface area is 93.8 Å². The molecular formula is C12H28P2. The molecule has 0 amide bonds. The van der Waals surface area contributed by atoms with E-state index in [-0.39, 0.29) is 15.8 Å². The maximum atomic E-state index is 2.51. The van der Waals surface area contributed by atoms with Crippen molar-refractivity contribution >= 4 is 15.8 Å². The van der Waals surface area contributed by atoms with Crippen molar-refractivity contribution < 1.29 is 0 Å². The summed E-state index contributed by atoms with van der Waals surface area (Å²) < 4.78 is 0. The van der Waals surface area contributed by atoms with Gasteiger partial charge in [-0.05, 0) is 31.1 Å². The second-order valence-corrected chi connectivity index (χ2v) is 12.2. The third-order valence-corrected chi connectivity index (χ3v) is 12.5. The average Bonchev–Trinajstić information content (AvgIpc) is 2.15. The molecule has 0 aromatic heterocycles. The highest BCUT2D eigenvalue weighted by atomic mass is 31.2. The summed E-state index contributed by atoms with van der Waals surface area (Å²) in [6.07, 6.45) is 2.68. The van der Waals surface area contributed by atoms with Gasteiger partial charge in [0.25, 0.3) is 0 Å². The average molecular weight is 234 g/mol. The van der Waals surface area contributed by atoms with Crippen molar-refractivity contribution in [1.82, 2.24) is 0 Å². The van der Waals surface area contributed by atoms with Crippen LogP contribution in [0.4, 0.5) is 0 Å². The van der Waals surface area contributed by atoms with Gasteiger partial charge in [-0.25, -0.2) is 0 Å². The zero-order valence-corrected chi connectivity index (χ0v) is 13.1. The van der Waals surface area contributed by atoms with Crippen molar-refractivity contribution in [3.8, 4) is 0 Å². The van der Waals surface area contributed by atoms with Crippen LogP contribution in [0.15, 0.2) is 0 Å². The van der Waals surface area contributed by atoms with Crippen molar-refractivity contribution in [1.29, 1.82) is 0 Å². The van der Waals surface area contributed by atoms with Crippen LogP contribution in [0.1, 0.15) is 48.0 Å². The Morgan fingerprint density at radius 3 is 1.64 bits per heavy atom. The molecule has 2 atom stereocenters. The summed E-state index contributed by atoms with van der Waals surface area (Å²) in [5.74, 6) is 0. The lowest BCUT2D eigenvalue weighted by Crippen LogP contribution is -2.28. The van der Waals surface area contributed by atoms with Gasteiger partial charge >= 0.3 is 0 Å². The van der Waals surface area contributed by atoms with Crippen LogP contribution in [0.25, 0.3) is 0 Å². The summed E-state index contributed by atoms with van der Waals surface area (Å²) in [4.78, 5) is 0.582. The van der Waals surface area contributed by atoms with Crippen LogP contribution >= 0.6 is 15.8 Å². The zero-order valence-electron chi connectivity index (χ0n) is 11.3. The maximum absolute atomic E-state index is 2.51. The van der Waals surface area contributed by atoms with Gasteiger partial charge in [-0.15, -0.1) is 0 Å². The van der Waals surface area contributed by atoms with Crippen molar-refractivity contribution in [3.63, 3.8) is 0 Å². The molecule has 0 spiro atoms. The van der Waals surface area contributed by atoms with Gasteiger partial charge in [0.2, 0.25) is 0 Å². The predicted octanol–water partition coefficient (Wildman–Crippen LogP) is 5.15. The van der Waals surface area contributed by atoms with E-state index in [1.54, 1.807) is 0 Å². The molecule has 14 heavy (non-hydrogen) atoms. The molecule has 0 aromatic rings. The minimum absolute atomic E-state index is 0.116. The topological polar surface area (TPSA) is 0 Å². The van der Waals surface area contributed by atoms with Gasteiger partial charge in [0.15, 0.2) is 0 Å². The summed E-state index contributed by atoms with van der Waals surface area (Å²) in [6.45, 7) is 19.5. The molecule has 2 heteroatoms. The molecule has 0 aliphatic carbocycles. The Kier molecular flexibility index (Phi) is 5.59. The highest BCUT2D eigenvalue weighted by Gasteiger charge is 2.38. The van der Waals surface area contributed by atoms with Crippen LogP contribution in [0.5, 0.6) is 0 Å². The SMILES string of the molecule is CCP(C)C(C)(C)P(C)C(C)(C)CC. The normalized spacial score (nSPS) is 18.0. The second kappa shape index (κ2) is 5.27. The van der Waals surface area contributed by atoms with Crippen molar-refractivity contribution in [2.24, 2.45) is 0 Å². The first kappa shape index (κ1) is 14.9. The number of hydrogen-bond donors (Lipinski definition) is 0. The third-order valence-electron chi connectivity index (χ3n) is 4.00. The largest absolute Gasteiger partial charge is 0.0999 e. The summed E-state index contributed by atoms with van der Waals surface area (Å²) in [5, 5.41) is 0.546. The molecule has 0 saturated carbocycles. The van der Waals surface area contributed by atoms with Gasteiger partial charge in [0.05, 0.1) is 0 Å². The van der Waals surface area contributed by atoms with Crippen LogP contribution in [-0.4, -0.2) is 29.5 Å². The second-order valence-electron chi connectivity index (χ2n) is 5.23. The first-order valence-corrected chi connectivity index (χ1v) is 9.41. The fraction of sp³-hybridized carbons (Fsp3) is 1.00. The molecule has 0 fully saturated rings. The third kappa shape index (κ3) is 3.18. The van der Waals surface area contributed by atoms with E-state index in [0.29, 0.717) is 10.1 Å². The lowest BCUT2D eigenvalue weighted by molar-refractivity contribution is 0.659. The van der Waals surface area contributed by atoms with Gasteiger partial charge in [0, 0.05) is 4.90 Å². The van der Waals surface area contributed by atoms with Crippen LogP contribution < -0.4 is 0 Å². The summed E-state index contributed by atoms with van der Waals surface area (Å²) >= 11 is 0. The molecule has 0 N–H and O–H groups in total. The lowest BCUT2D eigenvalue weighted by atomic mass is 10.1. The Hall–Kier alpha value is 0.860. The van der Waals surface area contributed by atoms with Gasteiger partial charge in [-0.2, -0.15) is 0 Å². The van der Waals surface area contributed by atoms with E-state index in [1.165, 1.54) is 12.6 Å². The van der Waals surface area contributed by atoms with Crippen LogP contribution in [0.2, 0.25) is 0 Å². The van der Waals surface area contributed by atoms with Crippen molar-refractivity contribution in [2.45, 2.75) is 58.0 Å². The Balaban J connectivity index is 4.73. The first-order valence-electron chi connectivity index (χ1n) is 5.65. The highest BCUT2D eigenvalue weighted by molar-refractivity contribution is 7.77. The Morgan fingerprint density at radius 1 is 0.929 bits per heavy atom. The van der Waals surface area contributed by atoms with Crippen molar-refractivity contribution in [3.05, 3.63) is 0 Å². The van der Waals surface area contributed by atoms with E-state index in [0.717, 1.165) is 0 Å². The Bertz CT molecular complexity index is 173. The van der Waals surface area contributed by atoms with E-state index < -0.39 is 0 Å². The van der Waals surface area contributed by atoms with E-state index in [4.69, 9.17) is 0 Å². The first-order chi connectivity index (χ1) is 6.20. The monoisotopic (exact) mass is 234 g/mol. The molecule has 0 nitrogen and oxygen atoms in total. The molecule has 0 aromatic carbocycles. The van der Waals surface area contributed by atoms with Gasteiger partial charge in [-0.3, -0.25) is 0 Å². The molecule has 2 unspecified atom stereocenters. The molecule has 86 valence electrons. The molecule has 0 aliphatic heterocycles. The fourth-order valence-corrected chi connectivity index (χ4v) is 7.64. The molecule has 0 saturated heterocycles. The lowest BCUT2D eigenvalue weighted by Gasteiger charge is -2.46. The zero-order chi connectivity index (χ0) is 11.6. The quantitative estimate of drug-likeness (QED) is 0.577. The molecular weight excluding hydrogens is 206 g/mol. The standard InChI is InChI=1S/C12H28P2/c1-9-11(3,4)14(8)12(5,6)13(7)10-2/h9-10H2,1-8H3. The number of rotatable bonds is 5. The smallest absolute Gasteiger partial charge is 0.00494 e. The molecule has 0 bridgehead atoms. The van der Waals surface area contributed by atoms with E-state index in [2.05, 4.69) is 54.9 Å². The van der Waals surface area contributed by atoms with E-state index in [9.17, 15) is 0 Å². The minimum Gasteiger partial charge on any atom is -0.0999 e. The van der Waals surface area contributed by atoms with Gasteiger partial charge < -0.3 is 0 Å². The number of hydrogen-bond acceptors (Lipinski definition) is 0. The fourth-order valence-electron chi connectivity index (χ4n) is 1.62. The molecule has 0 rings (SSSR count). The summed E-state index contributed by atoms with van der Waals surface area (Å²) in [6, 6.07) is 0. The molecule has 0 radical (unpaired) electrons. The Morgan fingerprint density at radius 2 is 1.36 bits per heavy atom. The van der Waals surface area contributed by atoms with Crippen molar-refractivity contribution in [2.75, 3.05) is 19.5 Å². The van der Waals surface area contributed by atoms with Crippen LogP contribution in [-0.2, 0) is 0 Å². The van der Waals surface area contributed by atoms with E-state index in [1.807, 2.05) is 0 Å². The summed E-state index contributed by atoms with van der Waals surface area (Å²) in [5.41, 5.74) is 0. The maximum Gasteiger partial charge on any atom is 0.00494 e. The minimum atomic E-state index is 0.116. The van der Waals surface area contributed by atoms with Crippen LogP contribution in [0.3, 0.4) is 0 Å². The van der Waals surface area contributed by atoms with Crippen LogP contribution in [0, 0.1) is 0 Å².